The van der Waals surface area contributed by atoms with Crippen molar-refractivity contribution in [3.63, 3.8) is 0 Å². The zero-order valence-corrected chi connectivity index (χ0v) is 15.5. The van der Waals surface area contributed by atoms with Crippen LogP contribution in [0, 0.1) is 6.92 Å². The molecule has 0 saturated heterocycles. The second-order valence-corrected chi connectivity index (χ2v) is 12.1. The molecule has 0 radical (unpaired) electrons. The minimum Gasteiger partial charge on any atom is -0.508 e. The van der Waals surface area contributed by atoms with Gasteiger partial charge in [-0.25, -0.2) is 0 Å². The van der Waals surface area contributed by atoms with E-state index in [1.54, 1.807) is 0 Å². The Kier molecular flexibility index (Phi) is 5.12. The van der Waals surface area contributed by atoms with Crippen molar-refractivity contribution < 1.29 is 5.11 Å². The smallest absolute Gasteiger partial charge is 0.118 e. The largest absolute Gasteiger partial charge is 0.508 e. The average Bonchev–Trinajstić information content (AvgIpc) is 2.47. The molecular formula is C20H28OSi. The Morgan fingerprint density at radius 3 is 2.23 bits per heavy atom. The van der Waals surface area contributed by atoms with Crippen molar-refractivity contribution in [3.05, 3.63) is 47.5 Å². The Balaban J connectivity index is 2.77. The number of phenolic OH excluding ortho intramolecular Hbond substituents is 1. The third kappa shape index (κ3) is 3.44. The molecule has 2 aromatic carbocycles. The van der Waals surface area contributed by atoms with Gasteiger partial charge < -0.3 is 5.11 Å². The molecule has 1 nitrogen and oxygen atoms in total. The molecule has 0 spiro atoms. The first kappa shape index (κ1) is 16.8. The molecule has 2 aromatic rings. The van der Waals surface area contributed by atoms with Gasteiger partial charge in [-0.2, -0.15) is 0 Å². The molecule has 0 saturated carbocycles. The highest BCUT2D eigenvalue weighted by atomic mass is 28.3. The van der Waals surface area contributed by atoms with E-state index in [1.165, 1.54) is 28.3 Å². The van der Waals surface area contributed by atoms with Gasteiger partial charge in [-0.05, 0) is 53.3 Å². The van der Waals surface area contributed by atoms with Crippen LogP contribution in [-0.2, 0) is 6.42 Å². The van der Waals surface area contributed by atoms with Crippen LogP contribution in [-0.4, -0.2) is 13.2 Å². The molecule has 2 heteroatoms. The van der Waals surface area contributed by atoms with Gasteiger partial charge in [-0.3, -0.25) is 0 Å². The number of phenols is 1. The van der Waals surface area contributed by atoms with Crippen molar-refractivity contribution in [1.82, 2.24) is 0 Å². The molecule has 0 atom stereocenters. The molecule has 0 bridgehead atoms. The lowest BCUT2D eigenvalue weighted by Gasteiger charge is -2.27. The van der Waals surface area contributed by atoms with Crippen LogP contribution in [0.2, 0.25) is 19.6 Å². The lowest BCUT2D eigenvalue weighted by atomic mass is 9.93. The third-order valence-electron chi connectivity index (χ3n) is 4.25. The predicted molar refractivity (Wildman–Crippen MR) is 99.9 cm³/mol. The fourth-order valence-corrected chi connectivity index (χ4v) is 5.57. The summed E-state index contributed by atoms with van der Waals surface area (Å²) in [6.07, 6.45) is 3.37. The molecule has 22 heavy (non-hydrogen) atoms. The number of hydrogen-bond donors (Lipinski definition) is 1. The maximum Gasteiger partial charge on any atom is 0.118 e. The van der Waals surface area contributed by atoms with Crippen molar-refractivity contribution in [2.45, 2.75) is 52.8 Å². The summed E-state index contributed by atoms with van der Waals surface area (Å²) in [6, 6.07) is 12.7. The quantitative estimate of drug-likeness (QED) is 0.747. The SMILES string of the molecule is CCCCc1cc(O)c(C)c([Si](C)(C)C)c1-c1ccccc1. The summed E-state index contributed by atoms with van der Waals surface area (Å²) in [5, 5.41) is 11.8. The lowest BCUT2D eigenvalue weighted by molar-refractivity contribution is 0.471. The summed E-state index contributed by atoms with van der Waals surface area (Å²) in [5.74, 6) is 0.461. The summed E-state index contributed by atoms with van der Waals surface area (Å²) in [4.78, 5) is 0. The van der Waals surface area contributed by atoms with Gasteiger partial charge in [-0.15, -0.1) is 0 Å². The van der Waals surface area contributed by atoms with Crippen molar-refractivity contribution in [2.24, 2.45) is 0 Å². The molecule has 0 aliphatic rings. The first-order chi connectivity index (χ1) is 10.4. The van der Waals surface area contributed by atoms with Gasteiger partial charge >= 0.3 is 0 Å². The zero-order chi connectivity index (χ0) is 16.3. The van der Waals surface area contributed by atoms with Crippen LogP contribution >= 0.6 is 0 Å². The van der Waals surface area contributed by atoms with Crippen LogP contribution in [0.4, 0.5) is 0 Å². The standard InChI is InChI=1S/C20H28OSi/c1-6-7-11-17-14-18(21)15(2)20(22(3,4)5)19(17)16-12-9-8-10-13-16/h8-10,12-14,21H,6-7,11H2,1-5H3. The molecule has 0 heterocycles. The average molecular weight is 313 g/mol. The molecule has 0 fully saturated rings. The number of hydrogen-bond acceptors (Lipinski definition) is 1. The summed E-state index contributed by atoms with van der Waals surface area (Å²) in [6.45, 7) is 11.4. The Morgan fingerprint density at radius 2 is 1.68 bits per heavy atom. The van der Waals surface area contributed by atoms with Crippen molar-refractivity contribution >= 4 is 13.3 Å². The number of aromatic hydroxyl groups is 1. The second-order valence-electron chi connectivity index (χ2n) is 7.15. The van der Waals surface area contributed by atoms with Crippen LogP contribution in [0.1, 0.15) is 30.9 Å². The van der Waals surface area contributed by atoms with Crippen LogP contribution in [0.25, 0.3) is 11.1 Å². The van der Waals surface area contributed by atoms with Crippen molar-refractivity contribution in [3.8, 4) is 16.9 Å². The maximum atomic E-state index is 10.4. The van der Waals surface area contributed by atoms with E-state index in [4.69, 9.17) is 0 Å². The van der Waals surface area contributed by atoms with Gasteiger partial charge in [0.05, 0.1) is 8.07 Å². The van der Waals surface area contributed by atoms with Gasteiger partial charge in [0.2, 0.25) is 0 Å². The maximum absolute atomic E-state index is 10.4. The predicted octanol–water partition coefficient (Wildman–Crippen LogP) is 5.26. The Bertz CT molecular complexity index is 639. The molecule has 0 amide bonds. The molecule has 0 aromatic heterocycles. The fraction of sp³-hybridized carbons (Fsp3) is 0.400. The van der Waals surface area contributed by atoms with E-state index in [0.29, 0.717) is 5.75 Å². The normalized spacial score (nSPS) is 11.7. The summed E-state index contributed by atoms with van der Waals surface area (Å²) in [7, 11) is -1.57. The number of unbranched alkanes of at least 4 members (excludes halogenated alkanes) is 1. The minimum atomic E-state index is -1.57. The molecule has 0 aliphatic heterocycles. The minimum absolute atomic E-state index is 0.461. The highest BCUT2D eigenvalue weighted by Gasteiger charge is 2.26. The van der Waals surface area contributed by atoms with Gasteiger partial charge in [0, 0.05) is 0 Å². The van der Waals surface area contributed by atoms with Gasteiger partial charge in [0.25, 0.3) is 0 Å². The van der Waals surface area contributed by atoms with Crippen LogP contribution in [0.5, 0.6) is 5.75 Å². The summed E-state index contributed by atoms with van der Waals surface area (Å²) in [5.41, 5.74) is 5.03. The highest BCUT2D eigenvalue weighted by molar-refractivity contribution is 6.90. The fourth-order valence-electron chi connectivity index (χ4n) is 3.26. The van der Waals surface area contributed by atoms with Crippen molar-refractivity contribution in [1.29, 1.82) is 0 Å². The number of benzene rings is 2. The first-order valence-electron chi connectivity index (χ1n) is 8.27. The second kappa shape index (κ2) is 6.70. The molecule has 2 rings (SSSR count). The summed E-state index contributed by atoms with van der Waals surface area (Å²) >= 11 is 0. The van der Waals surface area contributed by atoms with E-state index in [9.17, 15) is 5.11 Å². The van der Waals surface area contributed by atoms with E-state index >= 15 is 0 Å². The highest BCUT2D eigenvalue weighted by Crippen LogP contribution is 2.32. The van der Waals surface area contributed by atoms with Gasteiger partial charge in [-0.1, -0.05) is 63.3 Å². The Morgan fingerprint density at radius 1 is 1.05 bits per heavy atom. The number of aryl methyl sites for hydroxylation is 1. The van der Waals surface area contributed by atoms with Crippen LogP contribution < -0.4 is 5.19 Å². The molecule has 118 valence electrons. The third-order valence-corrected chi connectivity index (χ3v) is 6.38. The first-order valence-corrected chi connectivity index (χ1v) is 11.8. The molecular weight excluding hydrogens is 284 g/mol. The van der Waals surface area contributed by atoms with E-state index < -0.39 is 8.07 Å². The van der Waals surface area contributed by atoms with Crippen LogP contribution in [0.3, 0.4) is 0 Å². The monoisotopic (exact) mass is 312 g/mol. The Labute approximate surface area is 136 Å². The Hall–Kier alpha value is -1.54. The topological polar surface area (TPSA) is 20.2 Å². The zero-order valence-electron chi connectivity index (χ0n) is 14.5. The van der Waals surface area contributed by atoms with E-state index in [-0.39, 0.29) is 0 Å². The van der Waals surface area contributed by atoms with Crippen LogP contribution in [0.15, 0.2) is 36.4 Å². The van der Waals surface area contributed by atoms with Gasteiger partial charge in [0.1, 0.15) is 5.75 Å². The molecule has 0 unspecified atom stereocenters. The molecule has 1 N–H and O–H groups in total. The molecule has 0 aliphatic carbocycles. The van der Waals surface area contributed by atoms with E-state index in [2.05, 4.69) is 63.8 Å². The van der Waals surface area contributed by atoms with E-state index in [0.717, 1.165) is 18.4 Å². The van der Waals surface area contributed by atoms with Gasteiger partial charge in [0.15, 0.2) is 0 Å². The number of rotatable bonds is 5. The summed E-state index contributed by atoms with van der Waals surface area (Å²) < 4.78 is 0. The lowest BCUT2D eigenvalue weighted by Crippen LogP contribution is -2.41. The van der Waals surface area contributed by atoms with Crippen molar-refractivity contribution in [2.75, 3.05) is 0 Å². The van der Waals surface area contributed by atoms with E-state index in [1.807, 2.05) is 6.07 Å².